The molecule has 3 rings (SSSR count). The molecule has 0 unspecified atom stereocenters. The lowest BCUT2D eigenvalue weighted by Gasteiger charge is -2.33. The number of hydrogen-bond donors (Lipinski definition) is 1. The van der Waals surface area contributed by atoms with Gasteiger partial charge < -0.3 is 10.2 Å². The quantitative estimate of drug-likeness (QED) is 0.905. The molecule has 1 aromatic carbocycles. The van der Waals surface area contributed by atoms with E-state index >= 15 is 0 Å². The van der Waals surface area contributed by atoms with Crippen molar-refractivity contribution in [2.24, 2.45) is 5.92 Å². The molecule has 0 saturated carbocycles. The number of amides is 4. The normalized spacial score (nSPS) is 19.7. The number of nitrogens with zero attached hydrogens (tertiary/aromatic N) is 2. The molecule has 0 spiro atoms. The van der Waals surface area contributed by atoms with Gasteiger partial charge in [-0.2, -0.15) is 0 Å². The van der Waals surface area contributed by atoms with Gasteiger partial charge >= 0.3 is 12.1 Å². The predicted octanol–water partition coefficient (Wildman–Crippen LogP) is 2.09. The monoisotopic (exact) mass is 287 g/mol. The van der Waals surface area contributed by atoms with Crippen LogP contribution in [0.4, 0.5) is 9.59 Å². The van der Waals surface area contributed by atoms with Crippen molar-refractivity contribution in [2.75, 3.05) is 26.2 Å². The molecule has 4 amide bonds. The topological polar surface area (TPSA) is 52.7 Å². The summed E-state index contributed by atoms with van der Waals surface area (Å²) in [7, 11) is 0. The van der Waals surface area contributed by atoms with Gasteiger partial charge in [0, 0.05) is 26.2 Å². The van der Waals surface area contributed by atoms with Gasteiger partial charge in [-0.05, 0) is 30.7 Å². The van der Waals surface area contributed by atoms with E-state index in [1.54, 1.807) is 0 Å². The highest BCUT2D eigenvalue weighted by atomic mass is 16.2. The molecule has 1 aromatic rings. The fourth-order valence-corrected chi connectivity index (χ4v) is 3.10. The van der Waals surface area contributed by atoms with Crippen LogP contribution in [0.1, 0.15) is 18.4 Å². The van der Waals surface area contributed by atoms with Crippen molar-refractivity contribution in [3.8, 4) is 0 Å². The second-order valence-corrected chi connectivity index (χ2v) is 5.79. The van der Waals surface area contributed by atoms with Crippen LogP contribution in [0, 0.1) is 5.92 Å². The molecule has 2 aliphatic heterocycles. The summed E-state index contributed by atoms with van der Waals surface area (Å²) < 4.78 is 0. The van der Waals surface area contributed by atoms with Crippen LogP contribution in [-0.4, -0.2) is 48.0 Å². The standard InChI is InChI=1S/C16H21N3O2/c20-15-17-8-11-19(15)16(21)18-9-6-14(7-10-18)12-13-4-2-1-3-5-13/h1-5,14H,6-12H2,(H,17,20). The Kier molecular flexibility index (Phi) is 4.08. The Labute approximate surface area is 124 Å². The summed E-state index contributed by atoms with van der Waals surface area (Å²) in [6.45, 7) is 2.55. The summed E-state index contributed by atoms with van der Waals surface area (Å²) in [6.07, 6.45) is 3.10. The second-order valence-electron chi connectivity index (χ2n) is 5.79. The summed E-state index contributed by atoms with van der Waals surface area (Å²) in [6, 6.07) is 10.1. The molecule has 2 fully saturated rings. The third-order valence-electron chi connectivity index (χ3n) is 4.34. The highest BCUT2D eigenvalue weighted by Gasteiger charge is 2.32. The third-order valence-corrected chi connectivity index (χ3v) is 4.34. The number of benzene rings is 1. The lowest BCUT2D eigenvalue weighted by Crippen LogP contribution is -2.48. The Hall–Kier alpha value is -2.04. The first-order valence-electron chi connectivity index (χ1n) is 7.62. The Bertz CT molecular complexity index is 510. The maximum Gasteiger partial charge on any atom is 0.328 e. The van der Waals surface area contributed by atoms with Gasteiger partial charge in [0.1, 0.15) is 0 Å². The van der Waals surface area contributed by atoms with Crippen molar-refractivity contribution in [2.45, 2.75) is 19.3 Å². The van der Waals surface area contributed by atoms with E-state index in [9.17, 15) is 9.59 Å². The van der Waals surface area contributed by atoms with Crippen molar-refractivity contribution in [1.29, 1.82) is 0 Å². The molecular formula is C16H21N3O2. The minimum atomic E-state index is -0.258. The van der Waals surface area contributed by atoms with E-state index in [2.05, 4.69) is 29.6 Å². The number of carbonyl (C=O) groups is 2. The van der Waals surface area contributed by atoms with Crippen LogP contribution in [0.25, 0.3) is 0 Å². The number of carbonyl (C=O) groups excluding carboxylic acids is 2. The van der Waals surface area contributed by atoms with Crippen LogP contribution in [0.3, 0.4) is 0 Å². The fraction of sp³-hybridized carbons (Fsp3) is 0.500. The zero-order chi connectivity index (χ0) is 14.7. The van der Waals surface area contributed by atoms with Crippen molar-refractivity contribution in [3.63, 3.8) is 0 Å². The largest absolute Gasteiger partial charge is 0.336 e. The highest BCUT2D eigenvalue weighted by Crippen LogP contribution is 2.22. The lowest BCUT2D eigenvalue weighted by atomic mass is 9.90. The average Bonchev–Trinajstić information content (AvgIpc) is 2.94. The van der Waals surface area contributed by atoms with Gasteiger partial charge in [-0.1, -0.05) is 30.3 Å². The van der Waals surface area contributed by atoms with Crippen molar-refractivity contribution >= 4 is 12.1 Å². The van der Waals surface area contributed by atoms with Crippen LogP contribution in [0.2, 0.25) is 0 Å². The molecular weight excluding hydrogens is 266 g/mol. The molecule has 112 valence electrons. The molecule has 2 heterocycles. The van der Waals surface area contributed by atoms with Crippen molar-refractivity contribution in [1.82, 2.24) is 15.1 Å². The Balaban J connectivity index is 1.51. The molecule has 2 aliphatic rings. The van der Waals surface area contributed by atoms with Crippen LogP contribution >= 0.6 is 0 Å². The van der Waals surface area contributed by atoms with E-state index in [0.717, 1.165) is 32.4 Å². The van der Waals surface area contributed by atoms with Gasteiger partial charge in [-0.25, -0.2) is 14.5 Å². The molecule has 0 radical (unpaired) electrons. The maximum atomic E-state index is 12.3. The van der Waals surface area contributed by atoms with Crippen molar-refractivity contribution in [3.05, 3.63) is 35.9 Å². The first-order chi connectivity index (χ1) is 10.2. The van der Waals surface area contributed by atoms with E-state index in [0.29, 0.717) is 19.0 Å². The van der Waals surface area contributed by atoms with Crippen LogP contribution in [0.5, 0.6) is 0 Å². The molecule has 5 heteroatoms. The van der Waals surface area contributed by atoms with Gasteiger partial charge in [0.05, 0.1) is 0 Å². The Morgan fingerprint density at radius 1 is 1.14 bits per heavy atom. The predicted molar refractivity (Wildman–Crippen MR) is 79.9 cm³/mol. The van der Waals surface area contributed by atoms with Crippen LogP contribution in [-0.2, 0) is 6.42 Å². The molecule has 0 bridgehead atoms. The summed E-state index contributed by atoms with van der Waals surface area (Å²) >= 11 is 0. The Morgan fingerprint density at radius 3 is 2.48 bits per heavy atom. The maximum absolute atomic E-state index is 12.3. The van der Waals surface area contributed by atoms with Gasteiger partial charge in [-0.3, -0.25) is 0 Å². The van der Waals surface area contributed by atoms with Crippen molar-refractivity contribution < 1.29 is 9.59 Å². The zero-order valence-corrected chi connectivity index (χ0v) is 12.1. The minimum absolute atomic E-state index is 0.136. The van der Waals surface area contributed by atoms with E-state index in [1.807, 2.05) is 11.0 Å². The zero-order valence-electron chi connectivity index (χ0n) is 12.1. The first kappa shape index (κ1) is 13.9. The molecule has 5 nitrogen and oxygen atoms in total. The first-order valence-corrected chi connectivity index (χ1v) is 7.62. The van der Waals surface area contributed by atoms with Gasteiger partial charge in [0.25, 0.3) is 0 Å². The smallest absolute Gasteiger partial charge is 0.328 e. The SMILES string of the molecule is O=C1NCCN1C(=O)N1CCC(Cc2ccccc2)CC1. The van der Waals surface area contributed by atoms with E-state index in [-0.39, 0.29) is 12.1 Å². The highest BCUT2D eigenvalue weighted by molar-refractivity contribution is 5.94. The van der Waals surface area contributed by atoms with E-state index in [4.69, 9.17) is 0 Å². The summed E-state index contributed by atoms with van der Waals surface area (Å²) in [5, 5.41) is 2.67. The number of rotatable bonds is 2. The lowest BCUT2D eigenvalue weighted by molar-refractivity contribution is 0.143. The average molecular weight is 287 g/mol. The number of nitrogens with one attached hydrogen (secondary N) is 1. The van der Waals surface area contributed by atoms with Gasteiger partial charge in [0.15, 0.2) is 0 Å². The van der Waals surface area contributed by atoms with E-state index in [1.165, 1.54) is 10.5 Å². The number of urea groups is 2. The van der Waals surface area contributed by atoms with E-state index < -0.39 is 0 Å². The van der Waals surface area contributed by atoms with Gasteiger partial charge in [-0.15, -0.1) is 0 Å². The molecule has 21 heavy (non-hydrogen) atoms. The van der Waals surface area contributed by atoms with Crippen LogP contribution < -0.4 is 5.32 Å². The van der Waals surface area contributed by atoms with Gasteiger partial charge in [0.2, 0.25) is 0 Å². The molecule has 0 aliphatic carbocycles. The Morgan fingerprint density at radius 2 is 1.86 bits per heavy atom. The number of piperidine rings is 1. The second kappa shape index (κ2) is 6.16. The fourth-order valence-electron chi connectivity index (χ4n) is 3.10. The number of likely N-dealkylation sites (tertiary alicyclic amines) is 1. The number of imide groups is 1. The summed E-state index contributed by atoms with van der Waals surface area (Å²) in [4.78, 5) is 26.9. The summed E-state index contributed by atoms with van der Waals surface area (Å²) in [5.41, 5.74) is 1.36. The molecule has 0 aromatic heterocycles. The molecule has 2 saturated heterocycles. The number of hydrogen-bond acceptors (Lipinski definition) is 2. The molecule has 1 N–H and O–H groups in total. The third kappa shape index (κ3) is 3.17. The summed E-state index contributed by atoms with van der Waals surface area (Å²) in [5.74, 6) is 0.629. The minimum Gasteiger partial charge on any atom is -0.336 e. The van der Waals surface area contributed by atoms with Crippen LogP contribution in [0.15, 0.2) is 30.3 Å². The molecule has 0 atom stereocenters.